The fourth-order valence-corrected chi connectivity index (χ4v) is 2.58. The third-order valence-corrected chi connectivity index (χ3v) is 3.94. The second-order valence-electron chi connectivity index (χ2n) is 4.60. The molecule has 110 valence electrons. The first-order valence-corrected chi connectivity index (χ1v) is 7.57. The van der Waals surface area contributed by atoms with Gasteiger partial charge in [0.15, 0.2) is 0 Å². The molecule has 3 nitrogen and oxygen atoms in total. The maximum atomic E-state index is 5.87. The monoisotopic (exact) mass is 365 g/mol. The maximum absolute atomic E-state index is 5.87. The van der Waals surface area contributed by atoms with Gasteiger partial charge in [-0.05, 0) is 52.2 Å². The van der Waals surface area contributed by atoms with Gasteiger partial charge in [0.25, 0.3) is 0 Å². The smallest absolute Gasteiger partial charge is 0.133 e. The van der Waals surface area contributed by atoms with E-state index in [1.54, 1.807) is 7.11 Å². The van der Waals surface area contributed by atoms with Crippen LogP contribution in [0.15, 0.2) is 40.9 Å². The van der Waals surface area contributed by atoms with E-state index in [0.717, 1.165) is 32.7 Å². The Bertz CT molecular complexity index is 673. The lowest BCUT2D eigenvalue weighted by Gasteiger charge is -2.12. The molecule has 0 spiro atoms. The number of aryl methyl sites for hydroxylation is 1. The second-order valence-corrected chi connectivity index (χ2v) is 5.90. The molecule has 21 heavy (non-hydrogen) atoms. The fourth-order valence-electron chi connectivity index (χ4n) is 1.87. The van der Waals surface area contributed by atoms with Crippen LogP contribution in [-0.2, 0) is 6.61 Å². The Labute approximate surface area is 138 Å². The molecule has 2 rings (SSSR count). The lowest BCUT2D eigenvalue weighted by Crippen LogP contribution is -2.09. The Morgan fingerprint density at radius 3 is 2.57 bits per heavy atom. The molecule has 0 radical (unpaired) electrons. The predicted molar refractivity (Wildman–Crippen MR) is 92.1 cm³/mol. The molecule has 0 aliphatic heterocycles. The normalized spacial score (nSPS) is 10.2. The molecule has 0 amide bonds. The molecular formula is C16H16BrNO2S. The highest BCUT2D eigenvalue weighted by atomic mass is 79.9. The molecule has 2 N–H and O–H groups in total. The van der Waals surface area contributed by atoms with Crippen molar-refractivity contribution in [3.8, 4) is 11.5 Å². The minimum atomic E-state index is 0.368. The van der Waals surface area contributed by atoms with Crippen LogP contribution in [0.4, 0.5) is 0 Å². The van der Waals surface area contributed by atoms with Gasteiger partial charge in [0.1, 0.15) is 23.1 Å². The first-order chi connectivity index (χ1) is 10.0. The molecular weight excluding hydrogens is 350 g/mol. The van der Waals surface area contributed by atoms with Gasteiger partial charge in [-0.15, -0.1) is 0 Å². The zero-order valence-corrected chi connectivity index (χ0v) is 14.3. The number of methoxy groups -OCH3 is 1. The zero-order chi connectivity index (χ0) is 15.4. The van der Waals surface area contributed by atoms with Crippen molar-refractivity contribution in [2.75, 3.05) is 7.11 Å². The lowest BCUT2D eigenvalue weighted by atomic mass is 10.1. The average Bonchev–Trinajstić information content (AvgIpc) is 2.46. The maximum Gasteiger partial charge on any atom is 0.133 e. The van der Waals surface area contributed by atoms with Gasteiger partial charge < -0.3 is 15.2 Å². The number of nitrogens with two attached hydrogens (primary N) is 1. The van der Waals surface area contributed by atoms with Crippen LogP contribution < -0.4 is 15.2 Å². The van der Waals surface area contributed by atoms with Gasteiger partial charge in [-0.25, -0.2) is 0 Å². The van der Waals surface area contributed by atoms with Gasteiger partial charge in [0.05, 0.1) is 11.6 Å². The lowest BCUT2D eigenvalue weighted by molar-refractivity contribution is 0.303. The second kappa shape index (κ2) is 6.91. The summed E-state index contributed by atoms with van der Waals surface area (Å²) in [5, 5.41) is 0. The van der Waals surface area contributed by atoms with Crippen molar-refractivity contribution in [2.45, 2.75) is 13.5 Å². The molecule has 0 aliphatic rings. The molecule has 0 heterocycles. The molecule has 0 bridgehead atoms. The molecule has 0 aromatic heterocycles. The number of halogens is 1. The van der Waals surface area contributed by atoms with Crippen molar-refractivity contribution in [3.63, 3.8) is 0 Å². The summed E-state index contributed by atoms with van der Waals surface area (Å²) in [5.41, 5.74) is 8.54. The number of rotatable bonds is 5. The summed E-state index contributed by atoms with van der Waals surface area (Å²) in [7, 11) is 1.64. The Morgan fingerprint density at radius 2 is 1.95 bits per heavy atom. The van der Waals surface area contributed by atoms with Crippen LogP contribution in [0.5, 0.6) is 11.5 Å². The van der Waals surface area contributed by atoms with Crippen molar-refractivity contribution in [2.24, 2.45) is 5.73 Å². The molecule has 0 atom stereocenters. The summed E-state index contributed by atoms with van der Waals surface area (Å²) < 4.78 is 12.0. The van der Waals surface area contributed by atoms with E-state index in [4.69, 9.17) is 27.4 Å². The molecule has 0 saturated carbocycles. The minimum absolute atomic E-state index is 0.368. The minimum Gasteiger partial charge on any atom is -0.496 e. The van der Waals surface area contributed by atoms with Gasteiger partial charge in [-0.1, -0.05) is 30.4 Å². The topological polar surface area (TPSA) is 44.5 Å². The largest absolute Gasteiger partial charge is 0.496 e. The summed E-state index contributed by atoms with van der Waals surface area (Å²) in [6.07, 6.45) is 0. The number of thiocarbonyl (C=S) groups is 1. The van der Waals surface area contributed by atoms with Gasteiger partial charge in [-0.2, -0.15) is 0 Å². The Kier molecular flexibility index (Phi) is 5.20. The summed E-state index contributed by atoms with van der Waals surface area (Å²) in [6, 6.07) is 11.6. The van der Waals surface area contributed by atoms with Crippen LogP contribution in [0.2, 0.25) is 0 Å². The zero-order valence-electron chi connectivity index (χ0n) is 11.9. The molecule has 0 saturated heterocycles. The van der Waals surface area contributed by atoms with Crippen LogP contribution in [0.25, 0.3) is 0 Å². The molecule has 0 aliphatic carbocycles. The number of benzene rings is 2. The Balaban J connectivity index is 2.14. The highest BCUT2D eigenvalue weighted by Crippen LogP contribution is 2.27. The third-order valence-electron chi connectivity index (χ3n) is 3.08. The van der Waals surface area contributed by atoms with E-state index >= 15 is 0 Å². The van der Waals surface area contributed by atoms with Crippen molar-refractivity contribution in [1.29, 1.82) is 0 Å². The average molecular weight is 366 g/mol. The van der Waals surface area contributed by atoms with Gasteiger partial charge in [0, 0.05) is 5.56 Å². The Hall–Kier alpha value is -1.59. The van der Waals surface area contributed by atoms with Crippen LogP contribution in [-0.4, -0.2) is 12.1 Å². The van der Waals surface area contributed by atoms with E-state index < -0.39 is 0 Å². The highest BCUT2D eigenvalue weighted by molar-refractivity contribution is 9.10. The van der Waals surface area contributed by atoms with E-state index in [-0.39, 0.29) is 0 Å². The van der Waals surface area contributed by atoms with Crippen molar-refractivity contribution in [3.05, 3.63) is 57.6 Å². The van der Waals surface area contributed by atoms with E-state index in [9.17, 15) is 0 Å². The van der Waals surface area contributed by atoms with Crippen LogP contribution >= 0.6 is 28.1 Å². The SMILES string of the molecule is COc1ccc(COc2cc(C(N)=S)ccc2C)cc1Br. The molecule has 2 aromatic carbocycles. The van der Waals surface area contributed by atoms with Gasteiger partial charge in [0.2, 0.25) is 0 Å². The van der Waals surface area contributed by atoms with Crippen molar-refractivity contribution in [1.82, 2.24) is 0 Å². The number of hydrogen-bond acceptors (Lipinski definition) is 3. The summed E-state index contributed by atoms with van der Waals surface area (Å²) in [4.78, 5) is 0.368. The summed E-state index contributed by atoms with van der Waals surface area (Å²) >= 11 is 8.45. The van der Waals surface area contributed by atoms with E-state index in [2.05, 4.69) is 15.9 Å². The number of ether oxygens (including phenoxy) is 2. The van der Waals surface area contributed by atoms with E-state index in [0.29, 0.717) is 11.6 Å². The molecule has 0 fully saturated rings. The number of hydrogen-bond donors (Lipinski definition) is 1. The molecule has 2 aromatic rings. The molecule has 5 heteroatoms. The summed E-state index contributed by atoms with van der Waals surface area (Å²) in [5.74, 6) is 1.58. The standard InChI is InChI=1S/C16H16BrNO2S/c1-10-3-5-12(16(18)21)8-15(10)20-9-11-4-6-14(19-2)13(17)7-11/h3-8H,9H2,1-2H3,(H2,18,21). The fraction of sp³-hybridized carbons (Fsp3) is 0.188. The summed E-state index contributed by atoms with van der Waals surface area (Å²) in [6.45, 7) is 2.45. The predicted octanol–water partition coefficient (Wildman–Crippen LogP) is 3.98. The molecule has 0 unspecified atom stereocenters. The van der Waals surface area contributed by atoms with Gasteiger partial charge >= 0.3 is 0 Å². The first-order valence-electron chi connectivity index (χ1n) is 6.37. The third kappa shape index (κ3) is 3.95. The van der Waals surface area contributed by atoms with Crippen molar-refractivity contribution >= 4 is 33.1 Å². The van der Waals surface area contributed by atoms with Crippen molar-refractivity contribution < 1.29 is 9.47 Å². The van der Waals surface area contributed by atoms with Crippen LogP contribution in [0.3, 0.4) is 0 Å². The van der Waals surface area contributed by atoms with Crippen LogP contribution in [0, 0.1) is 6.92 Å². The van der Waals surface area contributed by atoms with Gasteiger partial charge in [-0.3, -0.25) is 0 Å². The van der Waals surface area contributed by atoms with E-state index in [1.165, 1.54) is 0 Å². The first kappa shape index (κ1) is 15.8. The highest BCUT2D eigenvalue weighted by Gasteiger charge is 2.06. The van der Waals surface area contributed by atoms with E-state index in [1.807, 2.05) is 43.3 Å². The van der Waals surface area contributed by atoms with Crippen LogP contribution in [0.1, 0.15) is 16.7 Å². The quantitative estimate of drug-likeness (QED) is 0.813. The Morgan fingerprint density at radius 1 is 1.19 bits per heavy atom.